The highest BCUT2D eigenvalue weighted by Crippen LogP contribution is 2.57. The number of rotatable bonds is 1. The predicted octanol–water partition coefficient (Wildman–Crippen LogP) is 4.17. The maximum Gasteiger partial charge on any atom is -0.00840 e. The average Bonchev–Trinajstić information content (AvgIpc) is 2.78. The van der Waals surface area contributed by atoms with E-state index in [1.165, 1.54) is 44.9 Å². The summed E-state index contributed by atoms with van der Waals surface area (Å²) in [5.41, 5.74) is 0.680. The lowest BCUT2D eigenvalue weighted by Crippen LogP contribution is -2.29. The Labute approximate surface area is 87.8 Å². The van der Waals surface area contributed by atoms with Gasteiger partial charge in [-0.1, -0.05) is 31.9 Å². The fourth-order valence-corrected chi connectivity index (χ4v) is 4.25. The van der Waals surface area contributed by atoms with Crippen LogP contribution < -0.4 is 0 Å². The van der Waals surface area contributed by atoms with E-state index in [0.29, 0.717) is 5.41 Å². The van der Waals surface area contributed by atoms with Crippen molar-refractivity contribution in [1.82, 2.24) is 0 Å². The van der Waals surface area contributed by atoms with E-state index in [-0.39, 0.29) is 0 Å². The highest BCUT2D eigenvalue weighted by Gasteiger charge is 2.46. The summed E-state index contributed by atoms with van der Waals surface area (Å²) in [6.07, 6.45) is 15.6. The maximum absolute atomic E-state index is 2.60. The second-order valence-electron chi connectivity index (χ2n) is 6.06. The molecule has 0 aromatic rings. The molecule has 0 amide bonds. The molecule has 0 heterocycles. The summed E-state index contributed by atoms with van der Waals surface area (Å²) >= 11 is 0. The molecule has 0 spiro atoms. The third kappa shape index (κ3) is 1.26. The summed E-state index contributed by atoms with van der Waals surface area (Å²) in [4.78, 5) is 0. The van der Waals surface area contributed by atoms with Gasteiger partial charge in [0, 0.05) is 0 Å². The molecule has 3 aliphatic carbocycles. The molecule has 0 aromatic heterocycles. The first-order valence-electron chi connectivity index (χ1n) is 6.48. The minimum Gasteiger partial charge on any atom is -0.0848 e. The van der Waals surface area contributed by atoms with Crippen LogP contribution in [-0.4, -0.2) is 0 Å². The number of hydrogen-bond donors (Lipinski definition) is 0. The van der Waals surface area contributed by atoms with E-state index in [1.807, 2.05) is 0 Å². The lowest BCUT2D eigenvalue weighted by Gasteiger charge is -2.39. The molecule has 0 aromatic carbocycles. The van der Waals surface area contributed by atoms with Crippen LogP contribution in [0.15, 0.2) is 12.2 Å². The first kappa shape index (κ1) is 9.00. The fourth-order valence-electron chi connectivity index (χ4n) is 4.25. The molecule has 3 aliphatic rings. The minimum absolute atomic E-state index is 0.680. The Balaban J connectivity index is 1.78. The van der Waals surface area contributed by atoms with Gasteiger partial charge in [-0.2, -0.15) is 0 Å². The van der Waals surface area contributed by atoms with Crippen molar-refractivity contribution in [2.45, 2.75) is 51.9 Å². The summed E-state index contributed by atoms with van der Waals surface area (Å²) in [7, 11) is 0. The molecular weight excluding hydrogens is 168 g/mol. The van der Waals surface area contributed by atoms with Gasteiger partial charge in [0.25, 0.3) is 0 Å². The molecular formula is C14H22. The van der Waals surface area contributed by atoms with Gasteiger partial charge in [-0.05, 0) is 55.3 Å². The van der Waals surface area contributed by atoms with Crippen LogP contribution in [0, 0.1) is 23.2 Å². The van der Waals surface area contributed by atoms with Crippen molar-refractivity contribution in [2.24, 2.45) is 23.2 Å². The molecule has 0 saturated heterocycles. The van der Waals surface area contributed by atoms with Gasteiger partial charge in [-0.15, -0.1) is 0 Å². The SMILES string of the molecule is CC1CCCC(C23C=CC(CC2)C3)C1. The first-order valence-corrected chi connectivity index (χ1v) is 6.48. The van der Waals surface area contributed by atoms with E-state index >= 15 is 0 Å². The molecule has 0 aliphatic heterocycles. The maximum atomic E-state index is 2.60. The lowest BCUT2D eigenvalue weighted by atomic mass is 9.66. The quantitative estimate of drug-likeness (QED) is 0.544. The van der Waals surface area contributed by atoms with Crippen LogP contribution in [0.2, 0.25) is 0 Å². The zero-order valence-electron chi connectivity index (χ0n) is 9.34. The monoisotopic (exact) mass is 190 g/mol. The molecule has 0 heteroatoms. The van der Waals surface area contributed by atoms with Crippen LogP contribution >= 0.6 is 0 Å². The smallest absolute Gasteiger partial charge is 0.00840 e. The fraction of sp³-hybridized carbons (Fsp3) is 0.857. The molecule has 78 valence electrons. The molecule has 0 nitrogen and oxygen atoms in total. The van der Waals surface area contributed by atoms with Gasteiger partial charge < -0.3 is 0 Å². The second kappa shape index (κ2) is 3.12. The Morgan fingerprint density at radius 3 is 2.71 bits per heavy atom. The van der Waals surface area contributed by atoms with Crippen LogP contribution in [0.1, 0.15) is 51.9 Å². The number of allylic oxidation sites excluding steroid dienone is 2. The van der Waals surface area contributed by atoms with Crippen LogP contribution in [0.5, 0.6) is 0 Å². The van der Waals surface area contributed by atoms with Crippen molar-refractivity contribution >= 4 is 0 Å². The summed E-state index contributed by atoms with van der Waals surface area (Å²) in [5, 5.41) is 0. The van der Waals surface area contributed by atoms with Crippen molar-refractivity contribution in [3.63, 3.8) is 0 Å². The zero-order valence-corrected chi connectivity index (χ0v) is 9.34. The molecule has 2 fully saturated rings. The van der Waals surface area contributed by atoms with Crippen molar-refractivity contribution < 1.29 is 0 Å². The van der Waals surface area contributed by atoms with Crippen molar-refractivity contribution in [1.29, 1.82) is 0 Å². The number of hydrogen-bond acceptors (Lipinski definition) is 0. The third-order valence-electron chi connectivity index (χ3n) is 5.07. The number of fused-ring (bicyclic) bond motifs is 2. The summed E-state index contributed by atoms with van der Waals surface area (Å²) < 4.78 is 0. The Bertz CT molecular complexity index is 253. The van der Waals surface area contributed by atoms with Gasteiger partial charge >= 0.3 is 0 Å². The van der Waals surface area contributed by atoms with Gasteiger partial charge in [0.15, 0.2) is 0 Å². The predicted molar refractivity (Wildman–Crippen MR) is 60.0 cm³/mol. The standard InChI is InChI=1S/C14H22/c1-11-3-2-4-13(9-11)14-7-5-12(10-14)6-8-14/h5,7,11-13H,2-4,6,8-10H2,1H3. The largest absolute Gasteiger partial charge is 0.0848 e. The van der Waals surface area contributed by atoms with Crippen molar-refractivity contribution in [3.05, 3.63) is 12.2 Å². The summed E-state index contributed by atoms with van der Waals surface area (Å²) in [6.45, 7) is 2.45. The summed E-state index contributed by atoms with van der Waals surface area (Å²) in [5.74, 6) is 3.00. The van der Waals surface area contributed by atoms with E-state index in [4.69, 9.17) is 0 Å². The highest BCUT2D eigenvalue weighted by atomic mass is 14.5. The van der Waals surface area contributed by atoms with Crippen LogP contribution in [-0.2, 0) is 0 Å². The molecule has 2 bridgehead atoms. The summed E-state index contributed by atoms with van der Waals surface area (Å²) in [6, 6.07) is 0. The minimum atomic E-state index is 0.680. The Morgan fingerprint density at radius 2 is 2.14 bits per heavy atom. The lowest BCUT2D eigenvalue weighted by molar-refractivity contribution is 0.148. The molecule has 4 unspecified atom stereocenters. The van der Waals surface area contributed by atoms with Gasteiger partial charge in [0.05, 0.1) is 0 Å². The Kier molecular flexibility index (Phi) is 2.00. The highest BCUT2D eigenvalue weighted by molar-refractivity contribution is 5.17. The molecule has 0 radical (unpaired) electrons. The van der Waals surface area contributed by atoms with Crippen molar-refractivity contribution in [3.8, 4) is 0 Å². The van der Waals surface area contributed by atoms with Crippen molar-refractivity contribution in [2.75, 3.05) is 0 Å². The van der Waals surface area contributed by atoms with Crippen LogP contribution in [0.25, 0.3) is 0 Å². The van der Waals surface area contributed by atoms with Gasteiger partial charge in [0.2, 0.25) is 0 Å². The molecule has 2 saturated carbocycles. The Morgan fingerprint density at radius 1 is 1.21 bits per heavy atom. The van der Waals surface area contributed by atoms with Crippen LogP contribution in [0.3, 0.4) is 0 Å². The van der Waals surface area contributed by atoms with Crippen LogP contribution in [0.4, 0.5) is 0 Å². The second-order valence-corrected chi connectivity index (χ2v) is 6.06. The average molecular weight is 190 g/mol. The van der Waals surface area contributed by atoms with E-state index in [2.05, 4.69) is 19.1 Å². The third-order valence-corrected chi connectivity index (χ3v) is 5.07. The molecule has 4 atom stereocenters. The molecule has 0 N–H and O–H groups in total. The van der Waals surface area contributed by atoms with E-state index in [9.17, 15) is 0 Å². The first-order chi connectivity index (χ1) is 6.78. The topological polar surface area (TPSA) is 0 Å². The molecule has 3 rings (SSSR count). The van der Waals surface area contributed by atoms with E-state index < -0.39 is 0 Å². The zero-order chi connectivity index (χ0) is 9.60. The van der Waals surface area contributed by atoms with Gasteiger partial charge in [-0.3, -0.25) is 0 Å². The van der Waals surface area contributed by atoms with E-state index in [1.54, 1.807) is 0 Å². The Hall–Kier alpha value is -0.260. The molecule has 14 heavy (non-hydrogen) atoms. The van der Waals surface area contributed by atoms with Gasteiger partial charge in [0.1, 0.15) is 0 Å². The normalized spacial score (nSPS) is 51.4. The van der Waals surface area contributed by atoms with Gasteiger partial charge in [-0.25, -0.2) is 0 Å². The van der Waals surface area contributed by atoms with E-state index in [0.717, 1.165) is 17.8 Å².